The summed E-state index contributed by atoms with van der Waals surface area (Å²) in [7, 11) is 3.03. The van der Waals surface area contributed by atoms with Gasteiger partial charge in [0.2, 0.25) is 0 Å². The van der Waals surface area contributed by atoms with Crippen LogP contribution in [0.3, 0.4) is 0 Å². The van der Waals surface area contributed by atoms with Crippen molar-refractivity contribution < 1.29 is 14.3 Å². The highest BCUT2D eigenvalue weighted by Gasteiger charge is 2.26. The summed E-state index contributed by atoms with van der Waals surface area (Å²) in [5.41, 5.74) is 0.809. The standard InChI is InChI=1S/C15H23NO3/c1-5-8-11(2)14(15(17)19-4)16-12-9-6-7-10-13(12)18-3/h6-7,9-11,14,16H,5,8H2,1-4H3. The fraction of sp³-hybridized carbons (Fsp3) is 0.533. The first-order valence-electron chi connectivity index (χ1n) is 6.61. The quantitative estimate of drug-likeness (QED) is 0.770. The maximum absolute atomic E-state index is 11.9. The lowest BCUT2D eigenvalue weighted by molar-refractivity contribution is -0.142. The van der Waals surface area contributed by atoms with Gasteiger partial charge >= 0.3 is 5.97 Å². The van der Waals surface area contributed by atoms with Gasteiger partial charge in [0.05, 0.1) is 19.9 Å². The van der Waals surface area contributed by atoms with Crippen LogP contribution in [0, 0.1) is 5.92 Å². The molecule has 0 amide bonds. The molecule has 0 saturated carbocycles. The molecular weight excluding hydrogens is 242 g/mol. The summed E-state index contributed by atoms with van der Waals surface area (Å²) in [6.45, 7) is 4.15. The van der Waals surface area contributed by atoms with Crippen LogP contribution in [0.2, 0.25) is 0 Å². The number of carbonyl (C=O) groups is 1. The fourth-order valence-electron chi connectivity index (χ4n) is 2.11. The van der Waals surface area contributed by atoms with Crippen molar-refractivity contribution in [1.29, 1.82) is 0 Å². The minimum absolute atomic E-state index is 0.197. The zero-order valence-corrected chi connectivity index (χ0v) is 12.1. The Bertz CT molecular complexity index is 406. The fourth-order valence-corrected chi connectivity index (χ4v) is 2.11. The molecule has 0 radical (unpaired) electrons. The Morgan fingerprint density at radius 3 is 2.58 bits per heavy atom. The summed E-state index contributed by atoms with van der Waals surface area (Å²) in [4.78, 5) is 11.9. The lowest BCUT2D eigenvalue weighted by Crippen LogP contribution is -2.36. The molecule has 1 rings (SSSR count). The van der Waals surface area contributed by atoms with Crippen LogP contribution in [0.25, 0.3) is 0 Å². The molecule has 0 aliphatic rings. The predicted octanol–water partition coefficient (Wildman–Crippen LogP) is 3.08. The molecule has 1 aromatic carbocycles. The molecule has 4 nitrogen and oxygen atoms in total. The Balaban J connectivity index is 2.90. The number of rotatable bonds is 7. The lowest BCUT2D eigenvalue weighted by Gasteiger charge is -2.24. The van der Waals surface area contributed by atoms with Crippen molar-refractivity contribution in [3.8, 4) is 5.75 Å². The Morgan fingerprint density at radius 2 is 2.00 bits per heavy atom. The minimum Gasteiger partial charge on any atom is -0.495 e. The predicted molar refractivity (Wildman–Crippen MR) is 76.5 cm³/mol. The van der Waals surface area contributed by atoms with E-state index in [1.807, 2.05) is 31.2 Å². The molecule has 1 aromatic rings. The molecular formula is C15H23NO3. The number of hydrogen-bond acceptors (Lipinski definition) is 4. The second-order valence-electron chi connectivity index (χ2n) is 4.61. The first-order chi connectivity index (χ1) is 9.13. The SMILES string of the molecule is CCCC(C)C(Nc1ccccc1OC)C(=O)OC. The molecule has 0 aliphatic carbocycles. The number of ether oxygens (including phenoxy) is 2. The van der Waals surface area contributed by atoms with Crippen LogP contribution < -0.4 is 10.1 Å². The van der Waals surface area contributed by atoms with Crippen LogP contribution in [0.5, 0.6) is 5.75 Å². The van der Waals surface area contributed by atoms with Gasteiger partial charge in [-0.05, 0) is 24.5 Å². The van der Waals surface area contributed by atoms with Gasteiger partial charge in [0.15, 0.2) is 0 Å². The van der Waals surface area contributed by atoms with Crippen LogP contribution in [-0.2, 0) is 9.53 Å². The first kappa shape index (κ1) is 15.3. The topological polar surface area (TPSA) is 47.6 Å². The van der Waals surface area contributed by atoms with E-state index in [1.54, 1.807) is 7.11 Å². The molecule has 0 fully saturated rings. The summed E-state index contributed by atoms with van der Waals surface area (Å²) < 4.78 is 10.2. The average Bonchev–Trinajstić information content (AvgIpc) is 2.44. The van der Waals surface area contributed by atoms with Crippen LogP contribution >= 0.6 is 0 Å². The van der Waals surface area contributed by atoms with Crippen LogP contribution in [0.4, 0.5) is 5.69 Å². The second kappa shape index (κ2) is 7.67. The summed E-state index contributed by atoms with van der Waals surface area (Å²) >= 11 is 0. The second-order valence-corrected chi connectivity index (χ2v) is 4.61. The summed E-state index contributed by atoms with van der Waals surface area (Å²) in [5, 5.41) is 3.23. The van der Waals surface area contributed by atoms with Gasteiger partial charge < -0.3 is 14.8 Å². The summed E-state index contributed by atoms with van der Waals surface area (Å²) in [5.74, 6) is 0.675. The molecule has 0 aliphatic heterocycles. The number of nitrogens with one attached hydrogen (secondary N) is 1. The molecule has 0 saturated heterocycles. The number of benzene rings is 1. The number of esters is 1. The van der Waals surface area contributed by atoms with Gasteiger partial charge in [-0.25, -0.2) is 4.79 Å². The van der Waals surface area contributed by atoms with Crippen LogP contribution in [-0.4, -0.2) is 26.2 Å². The molecule has 1 N–H and O–H groups in total. The van der Waals surface area contributed by atoms with Crippen LogP contribution in [0.1, 0.15) is 26.7 Å². The van der Waals surface area contributed by atoms with Crippen molar-refractivity contribution in [2.75, 3.05) is 19.5 Å². The maximum Gasteiger partial charge on any atom is 0.328 e. The van der Waals surface area contributed by atoms with E-state index in [2.05, 4.69) is 12.2 Å². The highest BCUT2D eigenvalue weighted by Crippen LogP contribution is 2.26. The van der Waals surface area contributed by atoms with E-state index in [-0.39, 0.29) is 17.9 Å². The van der Waals surface area contributed by atoms with E-state index in [0.717, 1.165) is 24.3 Å². The molecule has 0 aromatic heterocycles. The third-order valence-electron chi connectivity index (χ3n) is 3.19. The van der Waals surface area contributed by atoms with Gasteiger partial charge in [0.1, 0.15) is 11.8 Å². The first-order valence-corrected chi connectivity index (χ1v) is 6.61. The highest BCUT2D eigenvalue weighted by atomic mass is 16.5. The molecule has 4 heteroatoms. The van der Waals surface area contributed by atoms with Gasteiger partial charge in [-0.2, -0.15) is 0 Å². The molecule has 0 heterocycles. The van der Waals surface area contributed by atoms with Crippen molar-refractivity contribution in [3.05, 3.63) is 24.3 Å². The van der Waals surface area contributed by atoms with Gasteiger partial charge in [-0.3, -0.25) is 0 Å². The number of para-hydroxylation sites is 2. The third-order valence-corrected chi connectivity index (χ3v) is 3.19. The summed E-state index contributed by atoms with van der Waals surface area (Å²) in [6, 6.07) is 7.20. The van der Waals surface area contributed by atoms with E-state index >= 15 is 0 Å². The van der Waals surface area contributed by atoms with E-state index in [4.69, 9.17) is 9.47 Å². The number of carbonyl (C=O) groups excluding carboxylic acids is 1. The monoisotopic (exact) mass is 265 g/mol. The lowest BCUT2D eigenvalue weighted by atomic mass is 9.96. The van der Waals surface area contributed by atoms with E-state index in [9.17, 15) is 4.79 Å². The van der Waals surface area contributed by atoms with Crippen molar-refractivity contribution in [2.24, 2.45) is 5.92 Å². The molecule has 0 spiro atoms. The summed E-state index contributed by atoms with van der Waals surface area (Å²) in [6.07, 6.45) is 1.99. The Morgan fingerprint density at radius 1 is 1.32 bits per heavy atom. The zero-order valence-electron chi connectivity index (χ0n) is 12.1. The van der Waals surface area contributed by atoms with E-state index in [0.29, 0.717) is 0 Å². The molecule has 106 valence electrons. The Labute approximate surface area is 115 Å². The number of anilines is 1. The number of hydrogen-bond donors (Lipinski definition) is 1. The van der Waals surface area contributed by atoms with Crippen molar-refractivity contribution in [3.63, 3.8) is 0 Å². The van der Waals surface area contributed by atoms with E-state index < -0.39 is 0 Å². The largest absolute Gasteiger partial charge is 0.495 e. The maximum atomic E-state index is 11.9. The number of methoxy groups -OCH3 is 2. The normalized spacial score (nSPS) is 13.5. The average molecular weight is 265 g/mol. The zero-order chi connectivity index (χ0) is 14.3. The highest BCUT2D eigenvalue weighted by molar-refractivity contribution is 5.80. The molecule has 2 atom stereocenters. The third kappa shape index (κ3) is 4.16. The van der Waals surface area contributed by atoms with Crippen LogP contribution in [0.15, 0.2) is 24.3 Å². The van der Waals surface area contributed by atoms with Gasteiger partial charge in [0.25, 0.3) is 0 Å². The Kier molecular flexibility index (Phi) is 6.19. The molecule has 0 bridgehead atoms. The van der Waals surface area contributed by atoms with Crippen molar-refractivity contribution >= 4 is 11.7 Å². The van der Waals surface area contributed by atoms with Gasteiger partial charge in [-0.1, -0.05) is 32.4 Å². The molecule has 19 heavy (non-hydrogen) atoms. The van der Waals surface area contributed by atoms with Gasteiger partial charge in [0, 0.05) is 0 Å². The Hall–Kier alpha value is -1.71. The minimum atomic E-state index is -0.360. The van der Waals surface area contributed by atoms with Gasteiger partial charge in [-0.15, -0.1) is 0 Å². The van der Waals surface area contributed by atoms with E-state index in [1.165, 1.54) is 7.11 Å². The van der Waals surface area contributed by atoms with Crippen molar-refractivity contribution in [1.82, 2.24) is 0 Å². The molecule has 2 unspecified atom stereocenters. The van der Waals surface area contributed by atoms with Crippen molar-refractivity contribution in [2.45, 2.75) is 32.7 Å². The smallest absolute Gasteiger partial charge is 0.328 e.